The predicted molar refractivity (Wildman–Crippen MR) is 103 cm³/mol. The molecular weight excluding hydrogens is 395 g/mol. The normalized spacial score (nSPS) is 15.7. The molecule has 0 spiro atoms. The molecule has 0 aromatic rings. The Balaban J connectivity index is 5.45. The molecule has 4 heteroatoms. The summed E-state index contributed by atoms with van der Waals surface area (Å²) in [5, 5.41) is 19.2. The van der Waals surface area contributed by atoms with Crippen LogP contribution in [-0.4, -0.2) is 54.5 Å². The fourth-order valence-electron chi connectivity index (χ4n) is 3.38. The first-order chi connectivity index (χ1) is 11.0. The third-order valence-corrected chi connectivity index (χ3v) is 21.6. The molecule has 0 bridgehead atoms. The number of aliphatic hydroxyl groups excluding tert-OH is 2. The number of ether oxygens (including phenoxy) is 1. The van der Waals surface area contributed by atoms with Crippen LogP contribution in [0.2, 0.25) is 13.3 Å². The molecule has 2 N–H and O–H groups in total. The van der Waals surface area contributed by atoms with Crippen LogP contribution in [0.3, 0.4) is 0 Å². The summed E-state index contributed by atoms with van der Waals surface area (Å²) >= 11 is -2.40. The van der Waals surface area contributed by atoms with Crippen molar-refractivity contribution >= 4 is 18.4 Å². The van der Waals surface area contributed by atoms with Crippen molar-refractivity contribution in [1.82, 2.24) is 0 Å². The molecule has 0 aromatic carbocycles. The van der Waals surface area contributed by atoms with Gasteiger partial charge in [0.25, 0.3) is 0 Å². The molecule has 3 nitrogen and oxygen atoms in total. The minimum absolute atomic E-state index is 0.246. The molecule has 0 rings (SSSR count). The van der Waals surface area contributed by atoms with E-state index < -0.39 is 24.5 Å². The van der Waals surface area contributed by atoms with Crippen LogP contribution in [0.25, 0.3) is 0 Å². The Kier molecular flexibility index (Phi) is 13.9. The third-order valence-electron chi connectivity index (χ3n) is 5.12. The topological polar surface area (TPSA) is 49.7 Å². The minimum atomic E-state index is -2.40. The van der Waals surface area contributed by atoms with Crippen LogP contribution in [0, 0.1) is 0 Å². The van der Waals surface area contributed by atoms with Gasteiger partial charge in [0, 0.05) is 0 Å². The Morgan fingerprint density at radius 3 is 1.74 bits per heavy atom. The first kappa shape index (κ1) is 23.4. The van der Waals surface area contributed by atoms with Gasteiger partial charge in [-0.05, 0) is 0 Å². The zero-order valence-corrected chi connectivity index (χ0v) is 19.0. The van der Waals surface area contributed by atoms with Crippen molar-refractivity contribution in [3.05, 3.63) is 9.67 Å². The first-order valence-corrected chi connectivity index (χ1v) is 17.0. The molecule has 0 fully saturated rings. The van der Waals surface area contributed by atoms with Gasteiger partial charge in [-0.2, -0.15) is 0 Å². The maximum absolute atomic E-state index is 9.96. The molecule has 0 saturated carbocycles. The summed E-state index contributed by atoms with van der Waals surface area (Å²) < 4.78 is 11.2. The average molecular weight is 435 g/mol. The molecule has 0 aromatic heterocycles. The van der Waals surface area contributed by atoms with Gasteiger partial charge in [-0.15, -0.1) is 0 Å². The predicted octanol–water partition coefficient (Wildman–Crippen LogP) is 4.69. The Morgan fingerprint density at radius 1 is 1.00 bits per heavy atom. The summed E-state index contributed by atoms with van der Waals surface area (Å²) in [5.41, 5.74) is 0. The van der Waals surface area contributed by atoms with E-state index in [1.165, 1.54) is 55.4 Å². The summed E-state index contributed by atoms with van der Waals surface area (Å²) in [4.78, 5) is 0. The number of allylic oxidation sites excluding steroid dienone is 1. The molecular formula is C19H40O3Sn. The van der Waals surface area contributed by atoms with Crippen LogP contribution >= 0.6 is 0 Å². The molecule has 0 aliphatic heterocycles. The zero-order valence-electron chi connectivity index (χ0n) is 16.1. The van der Waals surface area contributed by atoms with Crippen molar-refractivity contribution < 1.29 is 14.9 Å². The Morgan fingerprint density at radius 2 is 1.43 bits per heavy atom. The number of unbranched alkanes of at least 4 members (excludes halogenated alkanes) is 3. The molecule has 0 amide bonds. The average Bonchev–Trinajstić information content (AvgIpc) is 2.58. The Hall–Kier alpha value is 0.419. The van der Waals surface area contributed by atoms with E-state index >= 15 is 0 Å². The van der Waals surface area contributed by atoms with E-state index in [-0.39, 0.29) is 12.7 Å². The van der Waals surface area contributed by atoms with E-state index in [1.54, 1.807) is 7.11 Å². The van der Waals surface area contributed by atoms with Gasteiger partial charge < -0.3 is 0 Å². The van der Waals surface area contributed by atoms with Crippen molar-refractivity contribution in [2.24, 2.45) is 0 Å². The Labute approximate surface area is 148 Å². The van der Waals surface area contributed by atoms with Crippen LogP contribution in [-0.2, 0) is 4.74 Å². The summed E-state index contributed by atoms with van der Waals surface area (Å²) in [6.45, 7) is 8.88. The second-order valence-corrected chi connectivity index (χ2v) is 20.7. The van der Waals surface area contributed by atoms with Crippen LogP contribution in [0.15, 0.2) is 9.67 Å². The maximum atomic E-state index is 9.96. The van der Waals surface area contributed by atoms with Crippen molar-refractivity contribution in [2.45, 2.75) is 91.7 Å². The van der Waals surface area contributed by atoms with E-state index in [9.17, 15) is 10.2 Å². The van der Waals surface area contributed by atoms with Gasteiger partial charge in [-0.1, -0.05) is 0 Å². The molecule has 0 saturated heterocycles. The molecule has 138 valence electrons. The zero-order chi connectivity index (χ0) is 17.7. The van der Waals surface area contributed by atoms with E-state index in [4.69, 9.17) is 4.74 Å². The number of aliphatic hydroxyl groups is 2. The summed E-state index contributed by atoms with van der Waals surface area (Å²) in [6, 6.07) is 0. The van der Waals surface area contributed by atoms with Crippen molar-refractivity contribution in [3.63, 3.8) is 0 Å². The molecule has 23 heavy (non-hydrogen) atoms. The van der Waals surface area contributed by atoms with Gasteiger partial charge in [0.1, 0.15) is 0 Å². The molecule has 0 unspecified atom stereocenters. The van der Waals surface area contributed by atoms with E-state index in [0.717, 1.165) is 0 Å². The fourth-order valence-corrected chi connectivity index (χ4v) is 19.2. The standard InChI is InChI=1S/C7H13O3.3C4H9.Sn/c1-3-4-7(10-2)6(9)5-8;3*1-3-4-2;/h4,6-9H,5H2,1-2H3;3*1,3-4H2,2H3;/t6-,7+;;;;/m0..../s1. The number of hydrogen-bond donors (Lipinski definition) is 2. The van der Waals surface area contributed by atoms with Crippen LogP contribution in [0.1, 0.15) is 66.2 Å². The summed E-state index contributed by atoms with van der Waals surface area (Å²) in [6.07, 6.45) is 8.73. The van der Waals surface area contributed by atoms with Gasteiger partial charge in [0.2, 0.25) is 0 Å². The van der Waals surface area contributed by atoms with Crippen LogP contribution < -0.4 is 0 Å². The summed E-state index contributed by atoms with van der Waals surface area (Å²) in [7, 11) is 1.62. The van der Waals surface area contributed by atoms with Crippen molar-refractivity contribution in [3.8, 4) is 0 Å². The van der Waals surface area contributed by atoms with E-state index in [2.05, 4.69) is 33.8 Å². The van der Waals surface area contributed by atoms with Gasteiger partial charge in [0.05, 0.1) is 0 Å². The molecule has 0 aliphatic rings. The van der Waals surface area contributed by atoms with Gasteiger partial charge in [0.15, 0.2) is 0 Å². The second kappa shape index (κ2) is 13.7. The SMILES string of the molecule is CCC[CH2][Sn]([CH2]CCC)([CH2]CCC)/[C](C)=C/[C@@H](OC)[C@@H](O)CO. The van der Waals surface area contributed by atoms with Gasteiger partial charge >= 0.3 is 148 Å². The van der Waals surface area contributed by atoms with Gasteiger partial charge in [-0.3, -0.25) is 0 Å². The third kappa shape index (κ3) is 8.37. The van der Waals surface area contributed by atoms with Crippen molar-refractivity contribution in [2.75, 3.05) is 13.7 Å². The van der Waals surface area contributed by atoms with Crippen LogP contribution in [0.5, 0.6) is 0 Å². The molecule has 0 heterocycles. The quantitative estimate of drug-likeness (QED) is 0.390. The second-order valence-electron chi connectivity index (χ2n) is 6.89. The Bertz CT molecular complexity index is 296. The number of methoxy groups -OCH3 is 1. The number of hydrogen-bond acceptors (Lipinski definition) is 3. The first-order valence-electron chi connectivity index (χ1n) is 9.51. The van der Waals surface area contributed by atoms with Gasteiger partial charge in [-0.25, -0.2) is 0 Å². The van der Waals surface area contributed by atoms with E-state index in [1.807, 2.05) is 0 Å². The molecule has 0 aliphatic carbocycles. The monoisotopic (exact) mass is 436 g/mol. The number of rotatable bonds is 14. The van der Waals surface area contributed by atoms with Crippen molar-refractivity contribution in [1.29, 1.82) is 0 Å². The van der Waals surface area contributed by atoms with Crippen LogP contribution in [0.4, 0.5) is 0 Å². The summed E-state index contributed by atoms with van der Waals surface area (Å²) in [5.74, 6) is 0. The fraction of sp³-hybridized carbons (Fsp3) is 0.895. The molecule has 2 atom stereocenters. The molecule has 0 radical (unpaired) electrons. The van der Waals surface area contributed by atoms with E-state index in [0.29, 0.717) is 0 Å².